The number of hydrogen-bond donors (Lipinski definition) is 3. The molecule has 0 aromatic heterocycles. The van der Waals surface area contributed by atoms with Gasteiger partial charge in [-0.25, -0.2) is 0 Å². The summed E-state index contributed by atoms with van der Waals surface area (Å²) in [4.78, 5) is 12.0. The maximum atomic E-state index is 11.4. The quantitative estimate of drug-likeness (QED) is 0.759. The number of carbonyl (C=O) groups is 1. The Bertz CT molecular complexity index is 701. The van der Waals surface area contributed by atoms with Crippen molar-refractivity contribution in [3.8, 4) is 0 Å². The van der Waals surface area contributed by atoms with Crippen LogP contribution >= 0.6 is 0 Å². The van der Waals surface area contributed by atoms with E-state index in [9.17, 15) is 9.00 Å². The van der Waals surface area contributed by atoms with Gasteiger partial charge in [-0.05, 0) is 42.8 Å². The molecule has 23 heavy (non-hydrogen) atoms. The van der Waals surface area contributed by atoms with Crippen LogP contribution in [0.2, 0.25) is 0 Å². The number of anilines is 2. The number of benzene rings is 2. The lowest BCUT2D eigenvalue weighted by molar-refractivity contribution is -0.118. The zero-order valence-electron chi connectivity index (χ0n) is 13.1. The Morgan fingerprint density at radius 2 is 1.83 bits per heavy atom. The summed E-state index contributed by atoms with van der Waals surface area (Å²) in [6, 6.07) is 15.0. The molecule has 3 N–H and O–H groups in total. The SMILES string of the molecule is CC(Nc1cccc(NC(=O)CO)c1)c1ccc(S(C)=O)cc1. The summed E-state index contributed by atoms with van der Waals surface area (Å²) in [5.41, 5.74) is 2.55. The summed E-state index contributed by atoms with van der Waals surface area (Å²) in [5.74, 6) is -0.446. The third-order valence-electron chi connectivity index (χ3n) is 3.39. The fourth-order valence-corrected chi connectivity index (χ4v) is 2.69. The summed E-state index contributed by atoms with van der Waals surface area (Å²) in [6.45, 7) is 1.48. The van der Waals surface area contributed by atoms with Gasteiger partial charge in [0.25, 0.3) is 0 Å². The fourth-order valence-electron chi connectivity index (χ4n) is 2.17. The molecule has 0 saturated heterocycles. The van der Waals surface area contributed by atoms with E-state index in [0.29, 0.717) is 5.69 Å². The summed E-state index contributed by atoms with van der Waals surface area (Å²) in [5, 5.41) is 14.7. The van der Waals surface area contributed by atoms with Crippen molar-refractivity contribution in [2.75, 3.05) is 23.5 Å². The Kier molecular flexibility index (Phi) is 5.90. The lowest BCUT2D eigenvalue weighted by atomic mass is 10.1. The van der Waals surface area contributed by atoms with E-state index in [1.54, 1.807) is 18.4 Å². The second kappa shape index (κ2) is 7.89. The first-order valence-corrected chi connectivity index (χ1v) is 8.76. The van der Waals surface area contributed by atoms with E-state index in [0.717, 1.165) is 16.1 Å². The van der Waals surface area contributed by atoms with Crippen molar-refractivity contribution >= 4 is 28.1 Å². The number of nitrogens with one attached hydrogen (secondary N) is 2. The number of amides is 1. The predicted octanol–water partition coefficient (Wildman–Crippen LogP) is 2.53. The van der Waals surface area contributed by atoms with Crippen LogP contribution in [0, 0.1) is 0 Å². The Labute approximate surface area is 138 Å². The second-order valence-electron chi connectivity index (χ2n) is 5.18. The van der Waals surface area contributed by atoms with Crippen LogP contribution in [-0.2, 0) is 15.6 Å². The van der Waals surface area contributed by atoms with Crippen LogP contribution in [0.5, 0.6) is 0 Å². The van der Waals surface area contributed by atoms with Crippen LogP contribution in [0.1, 0.15) is 18.5 Å². The Morgan fingerprint density at radius 1 is 1.17 bits per heavy atom. The molecule has 2 unspecified atom stereocenters. The van der Waals surface area contributed by atoms with E-state index in [-0.39, 0.29) is 6.04 Å². The van der Waals surface area contributed by atoms with Crippen molar-refractivity contribution < 1.29 is 14.1 Å². The van der Waals surface area contributed by atoms with Crippen LogP contribution in [0.3, 0.4) is 0 Å². The number of aliphatic hydroxyl groups excluding tert-OH is 1. The highest BCUT2D eigenvalue weighted by Gasteiger charge is 2.07. The van der Waals surface area contributed by atoms with Gasteiger partial charge in [-0.1, -0.05) is 18.2 Å². The van der Waals surface area contributed by atoms with Crippen LogP contribution in [0.15, 0.2) is 53.4 Å². The Hall–Kier alpha value is -2.18. The molecule has 0 aliphatic carbocycles. The third-order valence-corrected chi connectivity index (χ3v) is 4.32. The largest absolute Gasteiger partial charge is 0.387 e. The Morgan fingerprint density at radius 3 is 2.43 bits per heavy atom. The monoisotopic (exact) mass is 332 g/mol. The van der Waals surface area contributed by atoms with Crippen LogP contribution < -0.4 is 10.6 Å². The average molecular weight is 332 g/mol. The van der Waals surface area contributed by atoms with Gasteiger partial charge in [0.05, 0.1) is 0 Å². The molecule has 0 spiro atoms. The van der Waals surface area contributed by atoms with E-state index < -0.39 is 23.3 Å². The predicted molar refractivity (Wildman–Crippen MR) is 93.0 cm³/mol. The number of aliphatic hydroxyl groups is 1. The first kappa shape index (κ1) is 17.2. The van der Waals surface area contributed by atoms with Gasteiger partial charge >= 0.3 is 0 Å². The maximum Gasteiger partial charge on any atom is 0.250 e. The van der Waals surface area contributed by atoms with Crippen molar-refractivity contribution in [2.45, 2.75) is 17.9 Å². The van der Waals surface area contributed by atoms with E-state index in [4.69, 9.17) is 5.11 Å². The highest BCUT2D eigenvalue weighted by atomic mass is 32.2. The van der Waals surface area contributed by atoms with Crippen molar-refractivity contribution in [2.24, 2.45) is 0 Å². The van der Waals surface area contributed by atoms with E-state index in [1.807, 2.05) is 43.3 Å². The number of rotatable bonds is 6. The number of hydrogen-bond acceptors (Lipinski definition) is 4. The lowest BCUT2D eigenvalue weighted by Gasteiger charge is -2.17. The van der Waals surface area contributed by atoms with E-state index in [2.05, 4.69) is 10.6 Å². The van der Waals surface area contributed by atoms with Gasteiger partial charge in [0, 0.05) is 39.4 Å². The molecule has 1 amide bonds. The van der Waals surface area contributed by atoms with Gasteiger partial charge in [0.15, 0.2) is 0 Å². The van der Waals surface area contributed by atoms with E-state index >= 15 is 0 Å². The molecule has 6 heteroatoms. The minimum Gasteiger partial charge on any atom is -0.387 e. The average Bonchev–Trinajstić information content (AvgIpc) is 2.55. The van der Waals surface area contributed by atoms with Crippen molar-refractivity contribution in [1.82, 2.24) is 0 Å². The molecule has 0 aliphatic rings. The molecular formula is C17H20N2O3S. The van der Waals surface area contributed by atoms with Crippen molar-refractivity contribution in [3.63, 3.8) is 0 Å². The molecule has 0 saturated carbocycles. The van der Waals surface area contributed by atoms with Crippen molar-refractivity contribution in [1.29, 1.82) is 0 Å². The van der Waals surface area contributed by atoms with Gasteiger partial charge in [0.2, 0.25) is 5.91 Å². The molecule has 2 atom stereocenters. The van der Waals surface area contributed by atoms with Crippen LogP contribution in [-0.4, -0.2) is 28.1 Å². The Balaban J connectivity index is 2.07. The highest BCUT2D eigenvalue weighted by molar-refractivity contribution is 7.84. The molecule has 122 valence electrons. The molecular weight excluding hydrogens is 312 g/mol. The van der Waals surface area contributed by atoms with Gasteiger partial charge in [0.1, 0.15) is 6.61 Å². The molecule has 5 nitrogen and oxygen atoms in total. The van der Waals surface area contributed by atoms with Crippen molar-refractivity contribution in [3.05, 3.63) is 54.1 Å². The molecule has 2 rings (SSSR count). The second-order valence-corrected chi connectivity index (χ2v) is 6.56. The summed E-state index contributed by atoms with van der Waals surface area (Å²) >= 11 is 0. The topological polar surface area (TPSA) is 78.4 Å². The molecule has 2 aromatic rings. The van der Waals surface area contributed by atoms with Gasteiger partial charge < -0.3 is 15.7 Å². The minimum absolute atomic E-state index is 0.0538. The van der Waals surface area contributed by atoms with Gasteiger partial charge in [-0.3, -0.25) is 9.00 Å². The first-order chi connectivity index (χ1) is 11.0. The highest BCUT2D eigenvalue weighted by Crippen LogP contribution is 2.22. The molecule has 0 aliphatic heterocycles. The van der Waals surface area contributed by atoms with Gasteiger partial charge in [-0.15, -0.1) is 0 Å². The van der Waals surface area contributed by atoms with Gasteiger partial charge in [-0.2, -0.15) is 0 Å². The summed E-state index contributed by atoms with van der Waals surface area (Å²) in [7, 11) is -0.979. The van der Waals surface area contributed by atoms with Crippen LogP contribution in [0.4, 0.5) is 11.4 Å². The lowest BCUT2D eigenvalue weighted by Crippen LogP contribution is -2.15. The molecule has 0 radical (unpaired) electrons. The van der Waals surface area contributed by atoms with E-state index in [1.165, 1.54) is 0 Å². The third kappa shape index (κ3) is 4.91. The zero-order chi connectivity index (χ0) is 16.8. The standard InChI is InChI=1S/C17H20N2O3S/c1-12(13-6-8-16(9-7-13)23(2)22)18-14-4-3-5-15(10-14)19-17(21)11-20/h3-10,12,18,20H,11H2,1-2H3,(H,19,21). The summed E-state index contributed by atoms with van der Waals surface area (Å²) < 4.78 is 11.4. The minimum atomic E-state index is -0.979. The summed E-state index contributed by atoms with van der Waals surface area (Å²) in [6.07, 6.45) is 1.66. The molecule has 0 bridgehead atoms. The first-order valence-electron chi connectivity index (χ1n) is 7.20. The zero-order valence-corrected chi connectivity index (χ0v) is 13.9. The molecule has 0 heterocycles. The number of carbonyl (C=O) groups excluding carboxylic acids is 1. The van der Waals surface area contributed by atoms with Crippen LogP contribution in [0.25, 0.3) is 0 Å². The molecule has 2 aromatic carbocycles. The smallest absolute Gasteiger partial charge is 0.250 e. The maximum absolute atomic E-state index is 11.4. The fraction of sp³-hybridized carbons (Fsp3) is 0.235. The normalized spacial score (nSPS) is 13.2. The molecule has 0 fully saturated rings.